The Morgan fingerprint density at radius 2 is 1.12 bits per heavy atom. The van der Waals surface area contributed by atoms with Gasteiger partial charge in [-0.25, -0.2) is 9.13 Å². The van der Waals surface area contributed by atoms with Crippen molar-refractivity contribution >= 4 is 33.4 Å². The van der Waals surface area contributed by atoms with Gasteiger partial charge >= 0.3 is 27.6 Å². The molecule has 0 aromatic heterocycles. The van der Waals surface area contributed by atoms with Crippen LogP contribution in [-0.2, 0) is 46.6 Å². The minimum Gasteiger partial charge on any atom is -0.462 e. The first-order valence-corrected chi connectivity index (χ1v) is 25.2. The number of esters is 2. The van der Waals surface area contributed by atoms with Crippen LogP contribution in [0.25, 0.3) is 0 Å². The van der Waals surface area contributed by atoms with Crippen LogP contribution < -0.4 is 0 Å². The number of phosphoric ester groups is 2. The molecule has 0 heterocycles. The summed E-state index contributed by atoms with van der Waals surface area (Å²) in [5.41, 5.74) is 0. The highest BCUT2D eigenvalue weighted by Gasteiger charge is 2.28. The number of phosphoric acid groups is 2. The highest BCUT2D eigenvalue weighted by Crippen LogP contribution is 2.43. The number of allylic oxidation sites excluding steroid dienone is 8. The van der Waals surface area contributed by atoms with Gasteiger partial charge in [0, 0.05) is 19.3 Å². The fourth-order valence-corrected chi connectivity index (χ4v) is 6.87. The van der Waals surface area contributed by atoms with Crippen LogP contribution in [0.4, 0.5) is 0 Å². The smallest absolute Gasteiger partial charge is 0.462 e. The van der Waals surface area contributed by atoms with Crippen molar-refractivity contribution in [1.29, 1.82) is 0 Å². The van der Waals surface area contributed by atoms with Crippen LogP contribution in [0.5, 0.6) is 0 Å². The van der Waals surface area contributed by atoms with Gasteiger partial charge in [0.2, 0.25) is 0 Å². The minimum atomic E-state index is -4.88. The van der Waals surface area contributed by atoms with Gasteiger partial charge in [-0.2, -0.15) is 0 Å². The van der Waals surface area contributed by atoms with Crippen LogP contribution in [0.15, 0.2) is 48.6 Å². The van der Waals surface area contributed by atoms with Gasteiger partial charge in [0.15, 0.2) is 11.9 Å². The van der Waals surface area contributed by atoms with Crippen LogP contribution in [0.3, 0.4) is 0 Å². The lowest BCUT2D eigenvalue weighted by molar-refractivity contribution is -0.161. The van der Waals surface area contributed by atoms with Crippen LogP contribution in [0, 0.1) is 5.92 Å². The number of hydrogen-bond donors (Lipinski definition) is 4. The number of hydrogen-bond acceptors (Lipinski definition) is 11. The molecule has 0 saturated carbocycles. The average Bonchev–Trinajstić information content (AvgIpc) is 3.18. The third-order valence-corrected chi connectivity index (χ3v) is 10.6. The molecule has 0 aliphatic carbocycles. The number of aliphatic hydroxyl groups is 1. The standard InChI is InChI=1S/C44H78O14P2/c1-4-5-25-31-40(45)32-27-22-18-14-10-8-12-16-20-24-29-34-44(48)58-42(38-57-60(52,53)56-36-41(46)35-55-59(49,50)51)37-54-43(47)33-28-23-19-15-11-7-6-9-13-17-21-26-30-39(2)3/h8,10,16,18,20,22,27,32,39,41-42,46H,4-7,9,11-15,17,19,21,23-26,28-31,33-38H2,1-3H3,(H,52,53)(H2,49,50,51)/b10-8-,20-16-,22-18-,32-27+/t41-,42+/m0/s1. The topological polar surface area (TPSA) is 212 Å². The molecule has 0 radical (unpaired) electrons. The Hall–Kier alpha value is -2.25. The normalized spacial score (nSPS) is 14.5. The molecule has 1 unspecified atom stereocenters. The molecule has 0 fully saturated rings. The molecule has 0 saturated heterocycles. The summed E-state index contributed by atoms with van der Waals surface area (Å²) < 4.78 is 47.7. The zero-order chi connectivity index (χ0) is 44.7. The monoisotopic (exact) mass is 892 g/mol. The predicted octanol–water partition coefficient (Wildman–Crippen LogP) is 10.5. The van der Waals surface area contributed by atoms with E-state index in [2.05, 4.69) is 29.8 Å². The fraction of sp³-hybridized carbons (Fsp3) is 0.750. The van der Waals surface area contributed by atoms with E-state index in [4.69, 9.17) is 23.8 Å². The summed E-state index contributed by atoms with van der Waals surface area (Å²) in [5, 5.41) is 9.74. The van der Waals surface area contributed by atoms with Gasteiger partial charge in [-0.1, -0.05) is 153 Å². The van der Waals surface area contributed by atoms with Crippen molar-refractivity contribution in [2.45, 2.75) is 181 Å². The second kappa shape index (κ2) is 38.4. The first-order chi connectivity index (χ1) is 28.6. The molecule has 0 amide bonds. The Bertz CT molecular complexity index is 1320. The van der Waals surface area contributed by atoms with Crippen molar-refractivity contribution in [2.75, 3.05) is 26.4 Å². The average molecular weight is 893 g/mol. The number of carbonyl (C=O) groups excluding carboxylic acids is 3. The van der Waals surface area contributed by atoms with Crippen molar-refractivity contribution < 1.29 is 66.3 Å². The number of rotatable bonds is 41. The third-order valence-electron chi connectivity index (χ3n) is 9.11. The molecule has 16 heteroatoms. The van der Waals surface area contributed by atoms with E-state index >= 15 is 0 Å². The summed E-state index contributed by atoms with van der Waals surface area (Å²) in [6, 6.07) is 0. The van der Waals surface area contributed by atoms with E-state index in [9.17, 15) is 33.5 Å². The van der Waals surface area contributed by atoms with Crippen molar-refractivity contribution in [3.05, 3.63) is 48.6 Å². The lowest BCUT2D eigenvalue weighted by Gasteiger charge is -2.20. The van der Waals surface area contributed by atoms with Gasteiger partial charge < -0.3 is 29.3 Å². The summed E-state index contributed by atoms with van der Waals surface area (Å²) in [5.74, 6) is -0.200. The zero-order valence-electron chi connectivity index (χ0n) is 36.7. The number of carbonyl (C=O) groups is 3. The first kappa shape index (κ1) is 57.8. The Kier molecular flexibility index (Phi) is 37.0. The highest BCUT2D eigenvalue weighted by molar-refractivity contribution is 7.47. The second-order valence-electron chi connectivity index (χ2n) is 15.5. The minimum absolute atomic E-state index is 0.0293. The number of unbranched alkanes of at least 4 members (excludes halogenated alkanes) is 14. The molecule has 14 nitrogen and oxygen atoms in total. The van der Waals surface area contributed by atoms with Crippen LogP contribution in [-0.4, -0.2) is 76.1 Å². The highest BCUT2D eigenvalue weighted by atomic mass is 31.2. The summed E-state index contributed by atoms with van der Waals surface area (Å²) in [6.07, 6.45) is 33.9. The molecule has 348 valence electrons. The molecule has 0 rings (SSSR count). The number of ether oxygens (including phenoxy) is 2. The van der Waals surface area contributed by atoms with Gasteiger partial charge in [-0.15, -0.1) is 0 Å². The zero-order valence-corrected chi connectivity index (χ0v) is 38.5. The largest absolute Gasteiger partial charge is 0.472 e. The Balaban J connectivity index is 4.64. The molecule has 0 aliphatic rings. The summed E-state index contributed by atoms with van der Waals surface area (Å²) in [6.45, 7) is 3.83. The number of aliphatic hydroxyl groups excluding tert-OH is 1. The van der Waals surface area contributed by atoms with E-state index in [0.29, 0.717) is 32.1 Å². The maximum absolute atomic E-state index is 12.6. The van der Waals surface area contributed by atoms with E-state index in [1.165, 1.54) is 57.8 Å². The van der Waals surface area contributed by atoms with Crippen molar-refractivity contribution in [3.8, 4) is 0 Å². The summed E-state index contributed by atoms with van der Waals surface area (Å²) >= 11 is 0. The van der Waals surface area contributed by atoms with Crippen molar-refractivity contribution in [1.82, 2.24) is 0 Å². The van der Waals surface area contributed by atoms with Crippen molar-refractivity contribution in [2.24, 2.45) is 5.92 Å². The van der Waals surface area contributed by atoms with Crippen LogP contribution in [0.2, 0.25) is 0 Å². The van der Waals surface area contributed by atoms with E-state index in [1.54, 1.807) is 12.2 Å². The molecule has 0 aromatic rings. The Morgan fingerprint density at radius 1 is 0.583 bits per heavy atom. The van der Waals surface area contributed by atoms with E-state index in [-0.39, 0.29) is 18.6 Å². The molecule has 3 atom stereocenters. The number of ketones is 1. The SMILES string of the molecule is CCCCCC(=O)/C=C/C=C\C/C=C\C/C=C\CCCC(=O)O[C@H](COC(=O)CCCCCCCCCCCCCCC(C)C)COP(=O)(O)OC[C@@H](O)COP(=O)(O)O. The molecule has 0 bridgehead atoms. The Morgan fingerprint density at radius 3 is 1.73 bits per heavy atom. The lowest BCUT2D eigenvalue weighted by Crippen LogP contribution is -2.29. The van der Waals surface area contributed by atoms with Crippen molar-refractivity contribution in [3.63, 3.8) is 0 Å². The van der Waals surface area contributed by atoms with Gasteiger partial charge in [-0.05, 0) is 50.5 Å². The fourth-order valence-electron chi connectivity index (χ4n) is 5.72. The molecular formula is C44H78O14P2. The Labute approximate surface area is 360 Å². The van der Waals surface area contributed by atoms with Crippen LogP contribution in [0.1, 0.15) is 168 Å². The van der Waals surface area contributed by atoms with E-state index in [1.807, 2.05) is 36.5 Å². The maximum atomic E-state index is 12.6. The van der Waals surface area contributed by atoms with Crippen LogP contribution >= 0.6 is 15.6 Å². The van der Waals surface area contributed by atoms with Gasteiger partial charge in [0.25, 0.3) is 0 Å². The quantitative estimate of drug-likeness (QED) is 0.0112. The van der Waals surface area contributed by atoms with Gasteiger partial charge in [-0.3, -0.25) is 28.0 Å². The lowest BCUT2D eigenvalue weighted by atomic mass is 10.0. The molecule has 0 spiro atoms. The predicted molar refractivity (Wildman–Crippen MR) is 235 cm³/mol. The summed E-state index contributed by atoms with van der Waals surface area (Å²) in [4.78, 5) is 64.4. The maximum Gasteiger partial charge on any atom is 0.472 e. The van der Waals surface area contributed by atoms with Gasteiger partial charge in [0.1, 0.15) is 12.7 Å². The molecule has 0 aromatic carbocycles. The summed E-state index contributed by atoms with van der Waals surface area (Å²) in [7, 11) is -9.71. The molecule has 4 N–H and O–H groups in total. The molecular weight excluding hydrogens is 814 g/mol. The molecule has 0 aliphatic heterocycles. The van der Waals surface area contributed by atoms with Gasteiger partial charge in [0.05, 0.1) is 19.8 Å². The van der Waals surface area contributed by atoms with E-state index in [0.717, 1.165) is 50.9 Å². The van der Waals surface area contributed by atoms with E-state index < -0.39 is 66.2 Å². The second-order valence-corrected chi connectivity index (χ2v) is 18.2. The molecule has 60 heavy (non-hydrogen) atoms. The third kappa shape index (κ3) is 42.4. The first-order valence-electron chi connectivity index (χ1n) is 22.1.